The monoisotopic (exact) mass is 1290 g/mol. The predicted octanol–water partition coefficient (Wildman–Crippen LogP) is -1.09. The summed E-state index contributed by atoms with van der Waals surface area (Å²) < 4.78 is 82.9. The molecule has 30 nitrogen and oxygen atoms in total. The first kappa shape index (κ1) is 69.9. The number of methoxy groups -OCH3 is 2. The molecule has 0 spiro atoms. The minimum atomic E-state index is -2.95. The second kappa shape index (κ2) is 32.0. The van der Waals surface area contributed by atoms with Gasteiger partial charge in [0.15, 0.2) is 42.6 Å². The van der Waals surface area contributed by atoms with Gasteiger partial charge in [-0.25, -0.2) is 19.2 Å². The van der Waals surface area contributed by atoms with Gasteiger partial charge >= 0.3 is 29.8 Å². The molecule has 0 amide bonds. The van der Waals surface area contributed by atoms with Gasteiger partial charge in [-0.2, -0.15) is 0 Å². The van der Waals surface area contributed by atoms with Crippen molar-refractivity contribution in [3.63, 3.8) is 0 Å². The number of aliphatic hydroxyl groups is 9. The van der Waals surface area contributed by atoms with E-state index in [1.54, 1.807) is 30.3 Å². The molecular formula is C62H70O30. The summed E-state index contributed by atoms with van der Waals surface area (Å²) in [4.78, 5) is 68.0. The fraction of sp³-hybridized carbons (Fsp3) is 0.435. The number of hydrogen-bond acceptors (Lipinski definition) is 30. The first-order chi connectivity index (χ1) is 44.0. The fourth-order valence-corrected chi connectivity index (χ4v) is 9.98. The average molecular weight is 1300 g/mol. The molecule has 0 unspecified atom stereocenters. The van der Waals surface area contributed by atoms with Gasteiger partial charge in [-0.3, -0.25) is 4.79 Å². The second-order valence-electron chi connectivity index (χ2n) is 21.1. The molecule has 4 saturated heterocycles. The van der Waals surface area contributed by atoms with Crippen molar-refractivity contribution >= 4 is 48.1 Å². The Morgan fingerprint density at radius 2 is 1.10 bits per heavy atom. The summed E-state index contributed by atoms with van der Waals surface area (Å²) in [6, 6.07) is 23.2. The molecule has 92 heavy (non-hydrogen) atoms. The Labute approximate surface area is 524 Å². The number of ether oxygens (including phenoxy) is 14. The number of esters is 5. The fourth-order valence-electron chi connectivity index (χ4n) is 9.98. The third kappa shape index (κ3) is 17.4. The van der Waals surface area contributed by atoms with E-state index >= 15 is 0 Å². The van der Waals surface area contributed by atoms with Crippen LogP contribution >= 0.6 is 0 Å². The van der Waals surface area contributed by atoms with E-state index in [4.69, 9.17) is 66.3 Å². The maximum Gasteiger partial charge on any atom is 0.338 e. The van der Waals surface area contributed by atoms with Crippen molar-refractivity contribution < 1.29 is 146 Å². The van der Waals surface area contributed by atoms with Crippen molar-refractivity contribution in [2.75, 3.05) is 47.3 Å². The molecular weight excluding hydrogens is 1220 g/mol. The summed E-state index contributed by atoms with van der Waals surface area (Å²) in [6.45, 7) is -4.20. The molecule has 0 radical (unpaired) electrons. The third-order valence-electron chi connectivity index (χ3n) is 14.8. The van der Waals surface area contributed by atoms with Gasteiger partial charge in [0.1, 0.15) is 111 Å². The van der Waals surface area contributed by atoms with Crippen LogP contribution in [0.25, 0.3) is 18.2 Å². The Bertz CT molecular complexity index is 3210. The zero-order valence-electron chi connectivity index (χ0n) is 49.3. The lowest BCUT2D eigenvalue weighted by molar-refractivity contribution is -0.421. The number of rotatable bonds is 25. The van der Waals surface area contributed by atoms with Gasteiger partial charge in [0.05, 0.1) is 33.0 Å². The molecule has 0 bridgehead atoms. The predicted molar refractivity (Wildman–Crippen MR) is 308 cm³/mol. The number of benzene rings is 4. The largest absolute Gasteiger partial charge is 0.508 e. The Kier molecular flexibility index (Phi) is 24.3. The lowest BCUT2D eigenvalue weighted by Crippen LogP contribution is -2.69. The van der Waals surface area contributed by atoms with Crippen LogP contribution in [0, 0.1) is 0 Å². The van der Waals surface area contributed by atoms with E-state index in [1.807, 2.05) is 0 Å². The lowest BCUT2D eigenvalue weighted by Gasteiger charge is -2.50. The van der Waals surface area contributed by atoms with Crippen molar-refractivity contribution in [3.8, 4) is 23.0 Å². The molecule has 4 aliphatic rings. The highest BCUT2D eigenvalue weighted by Gasteiger charge is 2.64. The van der Waals surface area contributed by atoms with Crippen molar-refractivity contribution in [2.24, 2.45) is 0 Å². The summed E-state index contributed by atoms with van der Waals surface area (Å²) in [5.41, 5.74) is 1.02. The molecule has 0 aliphatic carbocycles. The number of phenols is 2. The average Bonchev–Trinajstić information content (AvgIpc) is 1.39. The maximum atomic E-state index is 14.3. The highest BCUT2D eigenvalue weighted by Crippen LogP contribution is 2.42. The number of aliphatic hydroxyl groups excluding tert-OH is 9. The number of carbonyl (C=O) groups excluding carboxylic acids is 5. The summed E-state index contributed by atoms with van der Waals surface area (Å²) in [5.74, 6) is -8.36. The standard InChI is InChI=1S/C62H70O30/c1-31(65)81-29-43-54(87-46(70)23-17-33-8-7-11-37(24-33)79-2)55(88-60-53(77)51(75)48(72)42(85-60)28-82-44(68)22-16-34-14-20-38(67)39(25-34)80-3)56(89-59-52(76)50(74)47(71)40(26-63)84-59)61(86-43)92-62(30-83-45(69)21-15-32-12-18-36(66)19-13-32)57(49(73)41(27-64)91-62)90-58(78)35-9-5-4-6-10-35/h4-25,40-43,47-57,59-61,63-64,66-67,71-77H,26-30H2,1-3H3/t40-,41-,42-,43-,47-,48-,49-,50+,51+,52-,53-,54-,55+,56-,57+,59+,60+,61-,62+/m1/s1. The Morgan fingerprint density at radius 1 is 0.522 bits per heavy atom. The highest BCUT2D eigenvalue weighted by molar-refractivity contribution is 5.90. The number of hydrogen-bond donors (Lipinski definition) is 11. The molecule has 4 heterocycles. The van der Waals surface area contributed by atoms with Crippen molar-refractivity contribution in [1.29, 1.82) is 0 Å². The van der Waals surface area contributed by atoms with Crippen LogP contribution < -0.4 is 9.47 Å². The van der Waals surface area contributed by atoms with E-state index in [2.05, 4.69) is 0 Å². The summed E-state index contributed by atoms with van der Waals surface area (Å²) >= 11 is 0. The Hall–Kier alpha value is -7.99. The van der Waals surface area contributed by atoms with E-state index in [1.165, 1.54) is 99.2 Å². The van der Waals surface area contributed by atoms with Crippen molar-refractivity contribution in [3.05, 3.63) is 138 Å². The highest BCUT2D eigenvalue weighted by atomic mass is 16.8. The summed E-state index contributed by atoms with van der Waals surface area (Å²) in [7, 11) is 2.71. The maximum absolute atomic E-state index is 14.3. The number of aromatic hydroxyl groups is 2. The first-order valence-electron chi connectivity index (χ1n) is 28.4. The van der Waals surface area contributed by atoms with E-state index in [-0.39, 0.29) is 22.8 Å². The SMILES string of the molecule is COc1cccc(C=CC(=O)O[C@H]2[C@H](O[C@@H]3O[C@H](COC(=O)C=Cc4ccc(O)c(OC)c4)[C@@H](O)[C@H](O)[C@H]3O)[C@@H](O[C@@H]3O[C@H](CO)[C@@H](O)[C@H](O)[C@H]3O)[C@@H](O[C@]3(COC(=O)C=Cc4ccc(O)cc4)O[C@H](CO)[C@@H](O)[C@@H]3OC(=O)c3ccccc3)O[C@@H]2COC(C)=O)c1. The molecule has 4 fully saturated rings. The van der Waals surface area contributed by atoms with Crippen LogP contribution in [0.3, 0.4) is 0 Å². The van der Waals surface area contributed by atoms with E-state index in [9.17, 15) is 80.1 Å². The zero-order chi connectivity index (χ0) is 66.4. The minimum Gasteiger partial charge on any atom is -0.508 e. The number of phenolic OH excluding ortho intramolecular Hbond substituents is 2. The summed E-state index contributed by atoms with van der Waals surface area (Å²) in [5, 5.41) is 121. The van der Waals surface area contributed by atoms with Crippen LogP contribution in [0.15, 0.2) is 115 Å². The third-order valence-corrected chi connectivity index (χ3v) is 14.8. The van der Waals surface area contributed by atoms with E-state index < -0.39 is 179 Å². The molecule has 0 saturated carbocycles. The molecule has 8 rings (SSSR count). The van der Waals surface area contributed by atoms with Gasteiger partial charge in [-0.1, -0.05) is 48.5 Å². The van der Waals surface area contributed by atoms with Crippen LogP contribution in [0.1, 0.15) is 34.0 Å². The zero-order valence-corrected chi connectivity index (χ0v) is 49.3. The van der Waals surface area contributed by atoms with Gasteiger partial charge in [0, 0.05) is 25.2 Å². The molecule has 30 heteroatoms. The molecule has 4 aliphatic heterocycles. The minimum absolute atomic E-state index is 0.0759. The molecule has 4 aromatic carbocycles. The van der Waals surface area contributed by atoms with Crippen LogP contribution in [-0.2, 0) is 76.0 Å². The summed E-state index contributed by atoms with van der Waals surface area (Å²) in [6.07, 6.45) is -31.9. The van der Waals surface area contributed by atoms with Gasteiger partial charge in [-0.15, -0.1) is 0 Å². The Balaban J connectivity index is 1.25. The van der Waals surface area contributed by atoms with E-state index in [0.29, 0.717) is 22.4 Å². The van der Waals surface area contributed by atoms with E-state index in [0.717, 1.165) is 25.2 Å². The van der Waals surface area contributed by atoms with Crippen molar-refractivity contribution in [2.45, 2.75) is 123 Å². The van der Waals surface area contributed by atoms with Crippen LogP contribution in [0.5, 0.6) is 23.0 Å². The van der Waals surface area contributed by atoms with Gasteiger partial charge < -0.3 is 122 Å². The van der Waals surface area contributed by atoms with Crippen LogP contribution in [-0.4, -0.2) is 249 Å². The molecule has 11 N–H and O–H groups in total. The second-order valence-corrected chi connectivity index (χ2v) is 21.1. The molecule has 19 atom stereocenters. The van der Waals surface area contributed by atoms with Crippen molar-refractivity contribution in [1.82, 2.24) is 0 Å². The van der Waals surface area contributed by atoms with Gasteiger partial charge in [-0.05, 0) is 83.4 Å². The van der Waals surface area contributed by atoms with Gasteiger partial charge in [0.2, 0.25) is 5.79 Å². The topological polar surface area (TPSA) is 437 Å². The first-order valence-corrected chi connectivity index (χ1v) is 28.4. The van der Waals surface area contributed by atoms with Gasteiger partial charge in [0.25, 0.3) is 0 Å². The normalized spacial score (nSPS) is 31.4. The Morgan fingerprint density at radius 3 is 1.74 bits per heavy atom. The quantitative estimate of drug-likeness (QED) is 0.0213. The smallest absolute Gasteiger partial charge is 0.338 e. The molecule has 4 aromatic rings. The number of carbonyl (C=O) groups is 5. The molecule has 0 aromatic heterocycles. The molecule has 498 valence electrons. The van der Waals surface area contributed by atoms with Crippen LogP contribution in [0.2, 0.25) is 0 Å². The van der Waals surface area contributed by atoms with Crippen LogP contribution in [0.4, 0.5) is 0 Å². The lowest BCUT2D eigenvalue weighted by atomic mass is 9.95.